The van der Waals surface area contributed by atoms with Gasteiger partial charge in [-0.05, 0) is 29.8 Å². The van der Waals surface area contributed by atoms with Crippen LogP contribution in [0, 0.1) is 0 Å². The van der Waals surface area contributed by atoms with Crippen molar-refractivity contribution in [3.63, 3.8) is 0 Å². The number of rotatable bonds is 6. The first kappa shape index (κ1) is 22.3. The van der Waals surface area contributed by atoms with Gasteiger partial charge in [0.05, 0.1) is 5.25 Å². The molecule has 0 spiro atoms. The molecule has 4 amide bonds. The molecule has 1 aromatic heterocycles. The largest absolute Gasteiger partial charge is 0.378 e. The van der Waals surface area contributed by atoms with Gasteiger partial charge in [0.25, 0.3) is 11.8 Å². The molecule has 10 heteroatoms. The van der Waals surface area contributed by atoms with E-state index in [4.69, 9.17) is 0 Å². The molecule has 0 aliphatic carbocycles. The lowest BCUT2D eigenvalue weighted by molar-refractivity contribution is -0.135. The number of aromatic nitrogens is 1. The van der Waals surface area contributed by atoms with Crippen LogP contribution in [0.5, 0.6) is 0 Å². The van der Waals surface area contributed by atoms with Crippen molar-refractivity contribution in [1.82, 2.24) is 20.7 Å². The van der Waals surface area contributed by atoms with Crippen LogP contribution in [0.25, 0.3) is 0 Å². The van der Waals surface area contributed by atoms with Crippen molar-refractivity contribution >= 4 is 41.1 Å². The molecule has 1 aliphatic rings. The number of nitrogens with one attached hydrogen (secondary N) is 2. The Kier molecular flexibility index (Phi) is 6.91. The Balaban J connectivity index is 1.85. The van der Waals surface area contributed by atoms with Crippen molar-refractivity contribution in [2.45, 2.75) is 24.0 Å². The zero-order valence-corrected chi connectivity index (χ0v) is 18.2. The van der Waals surface area contributed by atoms with Crippen LogP contribution in [-0.2, 0) is 14.4 Å². The maximum absolute atomic E-state index is 13.1. The number of thioether (sulfide) groups is 1. The summed E-state index contributed by atoms with van der Waals surface area (Å²) in [7, 11) is 3.85. The lowest BCUT2D eigenvalue weighted by Crippen LogP contribution is -2.46. The van der Waals surface area contributed by atoms with Gasteiger partial charge < -0.3 is 4.90 Å². The Labute approximate surface area is 184 Å². The average Bonchev–Trinajstić information content (AvgIpc) is 3.03. The summed E-state index contributed by atoms with van der Waals surface area (Å²) >= 11 is 1.25. The molecule has 0 radical (unpaired) electrons. The number of anilines is 1. The van der Waals surface area contributed by atoms with Gasteiger partial charge in [0.2, 0.25) is 11.8 Å². The zero-order valence-electron chi connectivity index (χ0n) is 17.4. The van der Waals surface area contributed by atoms with Crippen LogP contribution >= 0.6 is 11.8 Å². The topological polar surface area (TPSA) is 112 Å². The molecule has 3 rings (SSSR count). The van der Waals surface area contributed by atoms with Crippen molar-refractivity contribution in [2.75, 3.05) is 19.0 Å². The van der Waals surface area contributed by atoms with E-state index in [1.807, 2.05) is 43.3 Å². The van der Waals surface area contributed by atoms with Crippen LogP contribution in [0.4, 0.5) is 5.69 Å². The molecular weight excluding hydrogens is 418 g/mol. The Morgan fingerprint density at radius 3 is 2.32 bits per heavy atom. The average molecular weight is 442 g/mol. The SMILES string of the molecule is CC(=O)NC(=O)CC1SC(c2ccc(N(C)C)cc2)N(NC(=O)c2ccncc2)C1=O. The molecule has 2 atom stereocenters. The standard InChI is InChI=1S/C21H23N5O4S/c1-13(27)23-18(28)12-17-20(30)26(24-19(29)14-8-10-22-11-9-14)21(31-17)15-4-6-16(7-5-15)25(2)3/h4-11,17,21H,12H2,1-3H3,(H,24,29)(H,23,27,28). The highest BCUT2D eigenvalue weighted by molar-refractivity contribution is 8.01. The van der Waals surface area contributed by atoms with Gasteiger partial charge in [-0.1, -0.05) is 12.1 Å². The number of nitrogens with zero attached hydrogens (tertiary/aromatic N) is 3. The number of amides is 4. The number of benzene rings is 1. The van der Waals surface area contributed by atoms with E-state index in [1.54, 1.807) is 12.1 Å². The first-order valence-electron chi connectivity index (χ1n) is 9.53. The van der Waals surface area contributed by atoms with Crippen LogP contribution in [-0.4, -0.2) is 53.0 Å². The molecule has 0 saturated carbocycles. The Morgan fingerprint density at radius 2 is 1.74 bits per heavy atom. The van der Waals surface area contributed by atoms with Crippen LogP contribution in [0.15, 0.2) is 48.8 Å². The van der Waals surface area contributed by atoms with E-state index < -0.39 is 34.3 Å². The zero-order chi connectivity index (χ0) is 22.5. The second-order valence-electron chi connectivity index (χ2n) is 7.16. The lowest BCUT2D eigenvalue weighted by Gasteiger charge is -2.25. The summed E-state index contributed by atoms with van der Waals surface area (Å²) in [6.45, 7) is 1.23. The molecule has 0 bridgehead atoms. The second-order valence-corrected chi connectivity index (χ2v) is 8.44. The summed E-state index contributed by atoms with van der Waals surface area (Å²) in [5.74, 6) is -1.89. The van der Waals surface area contributed by atoms with Crippen molar-refractivity contribution in [2.24, 2.45) is 0 Å². The predicted octanol–water partition coefficient (Wildman–Crippen LogP) is 1.49. The third kappa shape index (κ3) is 5.40. The van der Waals surface area contributed by atoms with E-state index in [0.29, 0.717) is 5.56 Å². The van der Waals surface area contributed by atoms with E-state index in [1.165, 1.54) is 36.1 Å². The Morgan fingerprint density at radius 1 is 1.10 bits per heavy atom. The number of carbonyl (C=O) groups excluding carboxylic acids is 4. The maximum atomic E-state index is 13.1. The monoisotopic (exact) mass is 441 g/mol. The van der Waals surface area contributed by atoms with Gasteiger partial charge in [-0.3, -0.25) is 34.9 Å². The molecule has 31 heavy (non-hydrogen) atoms. The van der Waals surface area contributed by atoms with Crippen molar-refractivity contribution < 1.29 is 19.2 Å². The second kappa shape index (κ2) is 9.61. The summed E-state index contributed by atoms with van der Waals surface area (Å²) in [6, 6.07) is 10.7. The molecule has 1 aromatic carbocycles. The Hall–Kier alpha value is -3.40. The first-order valence-corrected chi connectivity index (χ1v) is 10.5. The molecule has 2 unspecified atom stereocenters. The van der Waals surface area contributed by atoms with E-state index in [-0.39, 0.29) is 6.42 Å². The highest BCUT2D eigenvalue weighted by Crippen LogP contribution is 2.43. The van der Waals surface area contributed by atoms with Gasteiger partial charge in [0, 0.05) is 51.1 Å². The number of hydrogen-bond donors (Lipinski definition) is 2. The van der Waals surface area contributed by atoms with Crippen molar-refractivity contribution in [1.29, 1.82) is 0 Å². The number of pyridine rings is 1. The fraction of sp³-hybridized carbons (Fsp3) is 0.286. The lowest BCUT2D eigenvalue weighted by atomic mass is 10.2. The predicted molar refractivity (Wildman–Crippen MR) is 117 cm³/mol. The van der Waals surface area contributed by atoms with E-state index in [0.717, 1.165) is 11.3 Å². The normalized spacial score (nSPS) is 17.9. The van der Waals surface area contributed by atoms with Crippen LogP contribution in [0.1, 0.15) is 34.6 Å². The quantitative estimate of drug-likeness (QED) is 0.698. The highest BCUT2D eigenvalue weighted by atomic mass is 32.2. The third-order valence-electron chi connectivity index (χ3n) is 4.59. The van der Waals surface area contributed by atoms with E-state index >= 15 is 0 Å². The molecule has 9 nitrogen and oxygen atoms in total. The fourth-order valence-electron chi connectivity index (χ4n) is 3.05. The van der Waals surface area contributed by atoms with Gasteiger partial charge in [-0.2, -0.15) is 0 Å². The summed E-state index contributed by atoms with van der Waals surface area (Å²) < 4.78 is 0. The first-order chi connectivity index (χ1) is 14.8. The van der Waals surface area contributed by atoms with Crippen LogP contribution in [0.3, 0.4) is 0 Å². The molecule has 2 heterocycles. The van der Waals surface area contributed by atoms with Crippen molar-refractivity contribution in [3.05, 3.63) is 59.9 Å². The van der Waals surface area contributed by atoms with E-state index in [2.05, 4.69) is 15.7 Å². The molecule has 1 fully saturated rings. The molecule has 1 saturated heterocycles. The molecule has 1 aliphatic heterocycles. The van der Waals surface area contributed by atoms with Gasteiger partial charge >= 0.3 is 0 Å². The minimum absolute atomic E-state index is 0.170. The molecule has 2 aromatic rings. The summed E-state index contributed by atoms with van der Waals surface area (Å²) in [6.07, 6.45) is 2.81. The summed E-state index contributed by atoms with van der Waals surface area (Å²) in [4.78, 5) is 54.8. The summed E-state index contributed by atoms with van der Waals surface area (Å²) in [5, 5.41) is 2.17. The number of imide groups is 1. The molecular formula is C21H23N5O4S. The van der Waals surface area contributed by atoms with Crippen LogP contribution in [0.2, 0.25) is 0 Å². The highest BCUT2D eigenvalue weighted by Gasteiger charge is 2.43. The van der Waals surface area contributed by atoms with Gasteiger partial charge in [0.15, 0.2) is 0 Å². The number of hydrazine groups is 1. The minimum atomic E-state index is -0.740. The fourth-order valence-corrected chi connectivity index (χ4v) is 4.43. The minimum Gasteiger partial charge on any atom is -0.378 e. The van der Waals surface area contributed by atoms with E-state index in [9.17, 15) is 19.2 Å². The van der Waals surface area contributed by atoms with Crippen LogP contribution < -0.4 is 15.6 Å². The smallest absolute Gasteiger partial charge is 0.270 e. The summed E-state index contributed by atoms with van der Waals surface area (Å²) in [5.41, 5.74) is 4.80. The van der Waals surface area contributed by atoms with Crippen molar-refractivity contribution in [3.8, 4) is 0 Å². The van der Waals surface area contributed by atoms with Gasteiger partial charge in [-0.25, -0.2) is 5.01 Å². The third-order valence-corrected chi connectivity index (χ3v) is 6.02. The number of carbonyl (C=O) groups is 4. The van der Waals surface area contributed by atoms with Gasteiger partial charge in [0.1, 0.15) is 5.37 Å². The molecule has 162 valence electrons. The number of hydrogen-bond acceptors (Lipinski definition) is 7. The Bertz CT molecular complexity index is 981. The maximum Gasteiger partial charge on any atom is 0.270 e. The molecule has 2 N–H and O–H groups in total. The van der Waals surface area contributed by atoms with Gasteiger partial charge in [-0.15, -0.1) is 11.8 Å².